The maximum Gasteiger partial charge on any atom is 0.267 e. The van der Waals surface area contributed by atoms with E-state index in [-0.39, 0.29) is 24.8 Å². The van der Waals surface area contributed by atoms with E-state index in [2.05, 4.69) is 29.4 Å². The number of benzene rings is 1. The van der Waals surface area contributed by atoms with Crippen molar-refractivity contribution in [1.82, 2.24) is 10.2 Å². The summed E-state index contributed by atoms with van der Waals surface area (Å²) < 4.78 is 5.60. The van der Waals surface area contributed by atoms with Crippen LogP contribution in [0.5, 0.6) is 5.75 Å². The van der Waals surface area contributed by atoms with Crippen LogP contribution in [0.1, 0.15) is 32.2 Å². The first-order valence-corrected chi connectivity index (χ1v) is 9.45. The number of para-hydroxylation sites is 2. The zero-order valence-corrected chi connectivity index (χ0v) is 15.9. The maximum absolute atomic E-state index is 12.4. The summed E-state index contributed by atoms with van der Waals surface area (Å²) in [6.07, 6.45) is 0.450. The fourth-order valence-electron chi connectivity index (χ4n) is 2.72. The summed E-state index contributed by atoms with van der Waals surface area (Å²) in [4.78, 5) is 26.3. The van der Waals surface area contributed by atoms with Gasteiger partial charge >= 0.3 is 0 Å². The number of nitrogens with zero attached hydrogens (tertiary/aromatic N) is 3. The summed E-state index contributed by atoms with van der Waals surface area (Å²) >= 11 is 1.39. The van der Waals surface area contributed by atoms with Gasteiger partial charge in [0.2, 0.25) is 11.0 Å². The molecular formula is C18H22N4O3S. The van der Waals surface area contributed by atoms with E-state index in [4.69, 9.17) is 4.74 Å². The van der Waals surface area contributed by atoms with Gasteiger partial charge in [-0.25, -0.2) is 0 Å². The first-order chi connectivity index (χ1) is 12.4. The number of ether oxygens (including phenoxy) is 1. The van der Waals surface area contributed by atoms with Gasteiger partial charge in [-0.2, -0.15) is 0 Å². The molecule has 0 aliphatic carbocycles. The lowest BCUT2D eigenvalue weighted by Gasteiger charge is -2.32. The van der Waals surface area contributed by atoms with Gasteiger partial charge in [-0.1, -0.05) is 37.3 Å². The highest BCUT2D eigenvalue weighted by Gasteiger charge is 2.31. The third kappa shape index (κ3) is 4.19. The molecule has 7 nitrogen and oxygen atoms in total. The van der Waals surface area contributed by atoms with Gasteiger partial charge in [-0.05, 0) is 25.0 Å². The lowest BCUT2D eigenvalue weighted by atomic mass is 10.1. The third-order valence-electron chi connectivity index (χ3n) is 3.93. The quantitative estimate of drug-likeness (QED) is 0.840. The van der Waals surface area contributed by atoms with E-state index in [0.717, 1.165) is 11.4 Å². The first kappa shape index (κ1) is 18.3. The highest BCUT2D eigenvalue weighted by atomic mass is 32.1. The van der Waals surface area contributed by atoms with Crippen LogP contribution in [0, 0.1) is 5.92 Å². The van der Waals surface area contributed by atoms with E-state index in [0.29, 0.717) is 22.5 Å². The Bertz CT molecular complexity index is 805. The Labute approximate surface area is 156 Å². The molecule has 1 atom stereocenters. The third-order valence-corrected chi connectivity index (χ3v) is 4.79. The molecule has 26 heavy (non-hydrogen) atoms. The van der Waals surface area contributed by atoms with Crippen LogP contribution in [0.25, 0.3) is 0 Å². The van der Waals surface area contributed by atoms with Crippen molar-refractivity contribution in [3.05, 3.63) is 29.3 Å². The Morgan fingerprint density at radius 3 is 2.88 bits per heavy atom. The number of anilines is 2. The lowest BCUT2D eigenvalue weighted by molar-refractivity contribution is -0.125. The van der Waals surface area contributed by atoms with Crippen molar-refractivity contribution in [3.8, 4) is 5.75 Å². The van der Waals surface area contributed by atoms with Gasteiger partial charge < -0.3 is 15.0 Å². The molecule has 2 amide bonds. The summed E-state index contributed by atoms with van der Waals surface area (Å²) in [5.41, 5.74) is 0.693. The molecule has 0 saturated carbocycles. The number of nitrogens with one attached hydrogen (secondary N) is 1. The van der Waals surface area contributed by atoms with Crippen LogP contribution in [0.15, 0.2) is 24.3 Å². The number of hydrogen-bond donors (Lipinski definition) is 1. The average Bonchev–Trinajstić information content (AvgIpc) is 3.01. The van der Waals surface area contributed by atoms with Gasteiger partial charge in [0.25, 0.3) is 5.91 Å². The number of carbonyl (C=O) groups excluding carboxylic acids is 2. The van der Waals surface area contributed by atoms with Crippen LogP contribution in [-0.2, 0) is 16.0 Å². The molecule has 1 aliphatic rings. The molecule has 1 aromatic heterocycles. The van der Waals surface area contributed by atoms with Crippen molar-refractivity contribution in [3.63, 3.8) is 0 Å². The normalized spacial score (nSPS) is 16.4. The standard InChI is InChI=1S/C18H22N4O3S/c1-11(2)10-16-20-21-18(26-16)19-15(23)8-9-22-13-6-4-5-7-14(13)25-12(3)17(22)24/h4-7,11-12H,8-10H2,1-3H3,(H,19,21,23)/t12-/m0/s1. The number of rotatable bonds is 6. The molecule has 0 unspecified atom stereocenters. The molecule has 138 valence electrons. The molecule has 0 radical (unpaired) electrons. The molecule has 3 rings (SSSR count). The van der Waals surface area contributed by atoms with Crippen LogP contribution in [-0.4, -0.2) is 34.7 Å². The van der Waals surface area contributed by atoms with Gasteiger partial charge in [-0.15, -0.1) is 10.2 Å². The Balaban J connectivity index is 1.60. The maximum atomic E-state index is 12.4. The summed E-state index contributed by atoms with van der Waals surface area (Å²) in [5.74, 6) is 0.802. The van der Waals surface area contributed by atoms with E-state index < -0.39 is 6.10 Å². The van der Waals surface area contributed by atoms with Crippen molar-refractivity contribution >= 4 is 34.0 Å². The van der Waals surface area contributed by atoms with Gasteiger partial charge in [0.1, 0.15) is 10.8 Å². The van der Waals surface area contributed by atoms with Crippen molar-refractivity contribution < 1.29 is 14.3 Å². The molecule has 2 aromatic rings. The fourth-order valence-corrected chi connectivity index (χ4v) is 3.69. The molecule has 0 saturated heterocycles. The van der Waals surface area contributed by atoms with E-state index in [1.165, 1.54) is 11.3 Å². The molecular weight excluding hydrogens is 352 g/mol. The van der Waals surface area contributed by atoms with Crippen molar-refractivity contribution in [1.29, 1.82) is 0 Å². The van der Waals surface area contributed by atoms with Crippen LogP contribution in [0.3, 0.4) is 0 Å². The van der Waals surface area contributed by atoms with E-state index in [1.807, 2.05) is 24.3 Å². The predicted octanol–water partition coefficient (Wildman–Crippen LogP) is 2.88. The SMILES string of the molecule is CC(C)Cc1nnc(NC(=O)CCN2C(=O)[C@H](C)Oc3ccccc32)s1. The van der Waals surface area contributed by atoms with Gasteiger partial charge in [-0.3, -0.25) is 9.59 Å². The number of aromatic nitrogens is 2. The summed E-state index contributed by atoms with van der Waals surface area (Å²) in [6.45, 7) is 6.21. The van der Waals surface area contributed by atoms with E-state index in [1.54, 1.807) is 11.8 Å². The Kier molecular flexibility index (Phi) is 5.51. The summed E-state index contributed by atoms with van der Waals surface area (Å²) in [6, 6.07) is 7.34. The minimum Gasteiger partial charge on any atom is -0.479 e. The Morgan fingerprint density at radius 1 is 1.35 bits per heavy atom. The largest absolute Gasteiger partial charge is 0.479 e. The monoisotopic (exact) mass is 374 g/mol. The average molecular weight is 374 g/mol. The number of hydrogen-bond acceptors (Lipinski definition) is 6. The van der Waals surface area contributed by atoms with E-state index >= 15 is 0 Å². The van der Waals surface area contributed by atoms with Gasteiger partial charge in [0.05, 0.1) is 5.69 Å². The molecule has 2 heterocycles. The number of fused-ring (bicyclic) bond motifs is 1. The summed E-state index contributed by atoms with van der Waals surface area (Å²) in [5, 5.41) is 12.2. The minimum absolute atomic E-state index is 0.147. The summed E-state index contributed by atoms with van der Waals surface area (Å²) in [7, 11) is 0. The second-order valence-electron chi connectivity index (χ2n) is 6.61. The molecule has 1 aromatic carbocycles. The first-order valence-electron chi connectivity index (χ1n) is 8.63. The van der Waals surface area contributed by atoms with Crippen LogP contribution < -0.4 is 15.0 Å². The molecule has 1 N–H and O–H groups in total. The Morgan fingerprint density at radius 2 is 2.12 bits per heavy atom. The van der Waals surface area contributed by atoms with Crippen LogP contribution in [0.2, 0.25) is 0 Å². The molecule has 8 heteroatoms. The zero-order chi connectivity index (χ0) is 18.7. The van der Waals surface area contributed by atoms with E-state index in [9.17, 15) is 9.59 Å². The highest BCUT2D eigenvalue weighted by molar-refractivity contribution is 7.15. The van der Waals surface area contributed by atoms with Crippen molar-refractivity contribution in [2.75, 3.05) is 16.8 Å². The fraction of sp³-hybridized carbons (Fsp3) is 0.444. The second kappa shape index (κ2) is 7.82. The van der Waals surface area contributed by atoms with Gasteiger partial charge in [0.15, 0.2) is 6.10 Å². The molecule has 0 fully saturated rings. The number of amides is 2. The zero-order valence-electron chi connectivity index (χ0n) is 15.1. The van der Waals surface area contributed by atoms with Crippen LogP contribution >= 0.6 is 11.3 Å². The smallest absolute Gasteiger partial charge is 0.267 e. The number of carbonyl (C=O) groups is 2. The van der Waals surface area contributed by atoms with Crippen molar-refractivity contribution in [2.45, 2.75) is 39.7 Å². The van der Waals surface area contributed by atoms with Crippen molar-refractivity contribution in [2.24, 2.45) is 5.92 Å². The minimum atomic E-state index is -0.560. The Hall–Kier alpha value is -2.48. The molecule has 1 aliphatic heterocycles. The lowest BCUT2D eigenvalue weighted by Crippen LogP contribution is -2.45. The van der Waals surface area contributed by atoms with Crippen LogP contribution in [0.4, 0.5) is 10.8 Å². The molecule has 0 spiro atoms. The second-order valence-corrected chi connectivity index (χ2v) is 7.68. The van der Waals surface area contributed by atoms with Gasteiger partial charge in [0, 0.05) is 19.4 Å². The molecule has 0 bridgehead atoms. The predicted molar refractivity (Wildman–Crippen MR) is 101 cm³/mol. The topological polar surface area (TPSA) is 84.4 Å². The highest BCUT2D eigenvalue weighted by Crippen LogP contribution is 2.33.